The zero-order valence-electron chi connectivity index (χ0n) is 10.8. The Bertz CT molecular complexity index is 211. The van der Waals surface area contributed by atoms with Crippen molar-refractivity contribution in [1.82, 2.24) is 0 Å². The van der Waals surface area contributed by atoms with Crippen molar-refractivity contribution in [3.8, 4) is 0 Å². The molecule has 2 aliphatic carbocycles. The molecule has 0 spiro atoms. The number of rotatable bonds is 4. The maximum absolute atomic E-state index is 6.37. The first-order valence-electron chi connectivity index (χ1n) is 7.03. The topological polar surface area (TPSA) is 18.5 Å². The predicted octanol–water partition coefficient (Wildman–Crippen LogP) is 3.89. The van der Waals surface area contributed by atoms with Crippen molar-refractivity contribution in [3.63, 3.8) is 0 Å². The summed E-state index contributed by atoms with van der Waals surface area (Å²) in [4.78, 5) is 0. The largest absolute Gasteiger partial charge is 0.353 e. The summed E-state index contributed by atoms with van der Waals surface area (Å²) >= 11 is 0. The summed E-state index contributed by atoms with van der Waals surface area (Å²) in [6.07, 6.45) is 11.8. The van der Waals surface area contributed by atoms with E-state index in [2.05, 4.69) is 6.92 Å². The standard InChI is InChI=1S/C14H26O2/c1-3-12-8-6-7-11-14(12,15-2)16-13-9-4-5-10-13/h12-13H,3-11H2,1-2H3. The Labute approximate surface area is 99.7 Å². The minimum absolute atomic E-state index is 0.248. The normalized spacial score (nSPS) is 36.8. The predicted molar refractivity (Wildman–Crippen MR) is 65.3 cm³/mol. The Morgan fingerprint density at radius 2 is 1.75 bits per heavy atom. The van der Waals surface area contributed by atoms with Crippen LogP contribution in [0.5, 0.6) is 0 Å². The Kier molecular flexibility index (Phi) is 4.26. The van der Waals surface area contributed by atoms with E-state index in [1.54, 1.807) is 0 Å². The van der Waals surface area contributed by atoms with Gasteiger partial charge in [-0.3, -0.25) is 0 Å². The Hall–Kier alpha value is -0.0800. The first kappa shape index (κ1) is 12.4. The van der Waals surface area contributed by atoms with Crippen LogP contribution in [0.2, 0.25) is 0 Å². The molecule has 0 radical (unpaired) electrons. The van der Waals surface area contributed by atoms with E-state index in [4.69, 9.17) is 9.47 Å². The van der Waals surface area contributed by atoms with Crippen LogP contribution < -0.4 is 0 Å². The maximum Gasteiger partial charge on any atom is 0.171 e. The highest BCUT2D eigenvalue weighted by atomic mass is 16.7. The van der Waals surface area contributed by atoms with Crippen molar-refractivity contribution in [2.75, 3.05) is 7.11 Å². The molecule has 0 aromatic rings. The van der Waals surface area contributed by atoms with Gasteiger partial charge in [0.15, 0.2) is 5.79 Å². The van der Waals surface area contributed by atoms with Crippen LogP contribution in [0.1, 0.15) is 64.7 Å². The quantitative estimate of drug-likeness (QED) is 0.677. The lowest BCUT2D eigenvalue weighted by atomic mass is 9.81. The molecule has 2 atom stereocenters. The molecule has 0 aromatic carbocycles. The molecule has 2 unspecified atom stereocenters. The van der Waals surface area contributed by atoms with Crippen LogP contribution in [-0.4, -0.2) is 19.0 Å². The van der Waals surface area contributed by atoms with E-state index in [1.807, 2.05) is 7.11 Å². The van der Waals surface area contributed by atoms with Crippen molar-refractivity contribution >= 4 is 0 Å². The van der Waals surface area contributed by atoms with E-state index < -0.39 is 0 Å². The van der Waals surface area contributed by atoms with Crippen LogP contribution in [0, 0.1) is 5.92 Å². The number of methoxy groups -OCH3 is 1. The fourth-order valence-electron chi connectivity index (χ4n) is 3.46. The van der Waals surface area contributed by atoms with Crippen molar-refractivity contribution in [2.24, 2.45) is 5.92 Å². The van der Waals surface area contributed by atoms with Gasteiger partial charge in [-0.2, -0.15) is 0 Å². The lowest BCUT2D eigenvalue weighted by Gasteiger charge is -2.44. The Morgan fingerprint density at radius 3 is 2.38 bits per heavy atom. The lowest BCUT2D eigenvalue weighted by Crippen LogP contribution is -2.47. The minimum Gasteiger partial charge on any atom is -0.353 e. The summed E-state index contributed by atoms with van der Waals surface area (Å²) in [6, 6.07) is 0. The van der Waals surface area contributed by atoms with E-state index in [9.17, 15) is 0 Å². The summed E-state index contributed by atoms with van der Waals surface area (Å²) in [5, 5.41) is 0. The van der Waals surface area contributed by atoms with Crippen LogP contribution in [-0.2, 0) is 9.47 Å². The molecule has 2 fully saturated rings. The van der Waals surface area contributed by atoms with Crippen molar-refractivity contribution in [1.29, 1.82) is 0 Å². The minimum atomic E-state index is -0.248. The second-order valence-corrected chi connectivity index (χ2v) is 5.39. The lowest BCUT2D eigenvalue weighted by molar-refractivity contribution is -0.287. The molecule has 2 heteroatoms. The van der Waals surface area contributed by atoms with Gasteiger partial charge in [0.2, 0.25) is 0 Å². The van der Waals surface area contributed by atoms with Gasteiger partial charge < -0.3 is 9.47 Å². The van der Waals surface area contributed by atoms with Gasteiger partial charge in [0, 0.05) is 19.4 Å². The van der Waals surface area contributed by atoms with E-state index in [1.165, 1.54) is 51.4 Å². The van der Waals surface area contributed by atoms with Gasteiger partial charge >= 0.3 is 0 Å². The highest BCUT2D eigenvalue weighted by molar-refractivity contribution is 4.85. The molecule has 2 rings (SSSR count). The molecule has 0 N–H and O–H groups in total. The highest BCUT2D eigenvalue weighted by Crippen LogP contribution is 2.41. The molecule has 0 aromatic heterocycles. The van der Waals surface area contributed by atoms with Crippen LogP contribution in [0.25, 0.3) is 0 Å². The Balaban J connectivity index is 2.02. The smallest absolute Gasteiger partial charge is 0.171 e. The Morgan fingerprint density at radius 1 is 1.06 bits per heavy atom. The first-order chi connectivity index (χ1) is 7.80. The van der Waals surface area contributed by atoms with Crippen molar-refractivity contribution < 1.29 is 9.47 Å². The third kappa shape index (κ3) is 2.43. The van der Waals surface area contributed by atoms with E-state index in [0.29, 0.717) is 12.0 Å². The molecular formula is C14H26O2. The van der Waals surface area contributed by atoms with E-state index in [0.717, 1.165) is 6.42 Å². The summed E-state index contributed by atoms with van der Waals surface area (Å²) in [5.41, 5.74) is 0. The summed E-state index contributed by atoms with van der Waals surface area (Å²) < 4.78 is 12.2. The van der Waals surface area contributed by atoms with Gasteiger partial charge in [0.05, 0.1) is 6.10 Å². The second-order valence-electron chi connectivity index (χ2n) is 5.39. The fourth-order valence-corrected chi connectivity index (χ4v) is 3.46. The molecule has 0 aliphatic heterocycles. The molecule has 2 nitrogen and oxygen atoms in total. The molecule has 2 saturated carbocycles. The van der Waals surface area contributed by atoms with Crippen LogP contribution in [0.3, 0.4) is 0 Å². The summed E-state index contributed by atoms with van der Waals surface area (Å²) in [7, 11) is 1.84. The van der Waals surface area contributed by atoms with Gasteiger partial charge in [0.25, 0.3) is 0 Å². The first-order valence-corrected chi connectivity index (χ1v) is 7.03. The number of ether oxygens (including phenoxy) is 2. The van der Waals surface area contributed by atoms with Gasteiger partial charge in [0.1, 0.15) is 0 Å². The molecule has 0 heterocycles. The molecule has 2 aliphatic rings. The van der Waals surface area contributed by atoms with Crippen LogP contribution in [0.4, 0.5) is 0 Å². The van der Waals surface area contributed by atoms with Gasteiger partial charge in [-0.15, -0.1) is 0 Å². The zero-order chi connectivity index (χ0) is 11.4. The number of hydrogen-bond donors (Lipinski definition) is 0. The third-order valence-electron chi connectivity index (χ3n) is 4.46. The molecule has 94 valence electrons. The molecule has 0 saturated heterocycles. The molecule has 0 bridgehead atoms. The summed E-state index contributed by atoms with van der Waals surface area (Å²) in [6.45, 7) is 2.27. The molecule has 16 heavy (non-hydrogen) atoms. The zero-order valence-corrected chi connectivity index (χ0v) is 10.8. The number of hydrogen-bond acceptors (Lipinski definition) is 2. The van der Waals surface area contributed by atoms with Gasteiger partial charge in [-0.1, -0.05) is 26.2 Å². The van der Waals surface area contributed by atoms with Crippen LogP contribution >= 0.6 is 0 Å². The van der Waals surface area contributed by atoms with Crippen molar-refractivity contribution in [2.45, 2.75) is 76.6 Å². The summed E-state index contributed by atoms with van der Waals surface area (Å²) in [5.74, 6) is 0.356. The van der Waals surface area contributed by atoms with Gasteiger partial charge in [-0.05, 0) is 32.1 Å². The third-order valence-corrected chi connectivity index (χ3v) is 4.46. The SMILES string of the molecule is CCC1CCCCC1(OC)OC1CCCC1. The fraction of sp³-hybridized carbons (Fsp3) is 1.00. The average Bonchev–Trinajstić information content (AvgIpc) is 2.82. The highest BCUT2D eigenvalue weighted by Gasteiger charge is 2.43. The van der Waals surface area contributed by atoms with Crippen LogP contribution in [0.15, 0.2) is 0 Å². The molecule has 0 amide bonds. The molecular weight excluding hydrogens is 200 g/mol. The van der Waals surface area contributed by atoms with E-state index in [-0.39, 0.29) is 5.79 Å². The average molecular weight is 226 g/mol. The van der Waals surface area contributed by atoms with E-state index >= 15 is 0 Å². The second kappa shape index (κ2) is 5.50. The van der Waals surface area contributed by atoms with Gasteiger partial charge in [-0.25, -0.2) is 0 Å². The monoisotopic (exact) mass is 226 g/mol. The van der Waals surface area contributed by atoms with Crippen molar-refractivity contribution in [3.05, 3.63) is 0 Å². The maximum atomic E-state index is 6.37.